The topological polar surface area (TPSA) is 67.2 Å². The van der Waals surface area contributed by atoms with Gasteiger partial charge in [-0.1, -0.05) is 6.92 Å². The summed E-state index contributed by atoms with van der Waals surface area (Å²) in [4.78, 5) is 2.64. The minimum absolute atomic E-state index is 0.296. The van der Waals surface area contributed by atoms with Crippen LogP contribution < -0.4 is 4.72 Å². The van der Waals surface area contributed by atoms with Gasteiger partial charge in [-0.05, 0) is 39.3 Å². The SMILES string of the molecule is CCN1CC[C@@H](CNS(=O)(=O)c2cn(CC)nc2C)C1. The van der Waals surface area contributed by atoms with E-state index in [4.69, 9.17) is 0 Å². The lowest BCUT2D eigenvalue weighted by molar-refractivity contribution is 0.342. The second-order valence-corrected chi connectivity index (χ2v) is 7.07. The molecule has 7 heteroatoms. The van der Waals surface area contributed by atoms with Crippen LogP contribution >= 0.6 is 0 Å². The summed E-state index contributed by atoms with van der Waals surface area (Å²) in [6, 6.07) is 0. The van der Waals surface area contributed by atoms with E-state index in [0.29, 0.717) is 29.6 Å². The fourth-order valence-electron chi connectivity index (χ4n) is 2.60. The van der Waals surface area contributed by atoms with Crippen LogP contribution in [-0.4, -0.2) is 49.3 Å². The monoisotopic (exact) mass is 300 g/mol. The molecule has 0 saturated carbocycles. The van der Waals surface area contributed by atoms with Crippen LogP contribution in [0.5, 0.6) is 0 Å². The number of hydrogen-bond acceptors (Lipinski definition) is 4. The van der Waals surface area contributed by atoms with Gasteiger partial charge in [0.15, 0.2) is 0 Å². The summed E-state index contributed by atoms with van der Waals surface area (Å²) in [6.07, 6.45) is 2.66. The van der Waals surface area contributed by atoms with E-state index in [1.54, 1.807) is 17.8 Å². The highest BCUT2D eigenvalue weighted by Crippen LogP contribution is 2.17. The molecule has 0 spiro atoms. The van der Waals surface area contributed by atoms with Crippen LogP contribution in [0.15, 0.2) is 11.1 Å². The van der Waals surface area contributed by atoms with Crippen molar-refractivity contribution in [1.29, 1.82) is 0 Å². The van der Waals surface area contributed by atoms with E-state index >= 15 is 0 Å². The highest BCUT2D eigenvalue weighted by Gasteiger charge is 2.25. The summed E-state index contributed by atoms with van der Waals surface area (Å²) in [6.45, 7) is 10.1. The van der Waals surface area contributed by atoms with Crippen molar-refractivity contribution in [3.63, 3.8) is 0 Å². The number of sulfonamides is 1. The largest absolute Gasteiger partial charge is 0.303 e. The Morgan fingerprint density at radius 3 is 2.70 bits per heavy atom. The van der Waals surface area contributed by atoms with Gasteiger partial charge in [0.2, 0.25) is 10.0 Å². The molecule has 1 aromatic heterocycles. The van der Waals surface area contributed by atoms with Crippen LogP contribution in [0.3, 0.4) is 0 Å². The molecule has 0 unspecified atom stereocenters. The summed E-state index contributed by atoms with van der Waals surface area (Å²) in [5.41, 5.74) is 0.556. The Labute approximate surface area is 121 Å². The molecule has 1 aromatic rings. The summed E-state index contributed by atoms with van der Waals surface area (Å²) in [5, 5.41) is 4.19. The van der Waals surface area contributed by atoms with E-state index in [9.17, 15) is 8.42 Å². The number of hydrogen-bond donors (Lipinski definition) is 1. The molecule has 0 aromatic carbocycles. The number of nitrogens with one attached hydrogen (secondary N) is 1. The van der Waals surface area contributed by atoms with Gasteiger partial charge in [0.25, 0.3) is 0 Å². The highest BCUT2D eigenvalue weighted by molar-refractivity contribution is 7.89. The Morgan fingerprint density at radius 2 is 2.15 bits per heavy atom. The third kappa shape index (κ3) is 3.39. The van der Waals surface area contributed by atoms with Gasteiger partial charge >= 0.3 is 0 Å². The molecule has 0 bridgehead atoms. The average Bonchev–Trinajstić information content (AvgIpc) is 3.02. The molecule has 6 nitrogen and oxygen atoms in total. The molecule has 114 valence electrons. The standard InChI is InChI=1S/C13H24N4O2S/c1-4-16-7-6-12(9-16)8-14-20(18,19)13-10-17(5-2)15-11(13)3/h10,12,14H,4-9H2,1-3H3/t12-/m0/s1. The Kier molecular flexibility index (Phi) is 4.82. The van der Waals surface area contributed by atoms with E-state index in [1.807, 2.05) is 6.92 Å². The third-order valence-electron chi connectivity index (χ3n) is 3.89. The molecular formula is C13H24N4O2S. The van der Waals surface area contributed by atoms with Crippen LogP contribution in [0.2, 0.25) is 0 Å². The molecule has 0 amide bonds. The Bertz CT molecular complexity index is 553. The lowest BCUT2D eigenvalue weighted by Crippen LogP contribution is -2.31. The van der Waals surface area contributed by atoms with Crippen LogP contribution in [0.1, 0.15) is 26.0 Å². The Balaban J connectivity index is 1.99. The zero-order valence-electron chi connectivity index (χ0n) is 12.5. The molecule has 2 rings (SSSR count). The maximum atomic E-state index is 12.3. The van der Waals surface area contributed by atoms with Crippen molar-refractivity contribution in [3.8, 4) is 0 Å². The first-order chi connectivity index (χ1) is 9.46. The smallest absolute Gasteiger partial charge is 0.243 e. The Morgan fingerprint density at radius 1 is 1.40 bits per heavy atom. The van der Waals surface area contributed by atoms with E-state index < -0.39 is 10.0 Å². The average molecular weight is 300 g/mol. The van der Waals surface area contributed by atoms with E-state index in [2.05, 4.69) is 21.6 Å². The Hall–Kier alpha value is -0.920. The summed E-state index contributed by atoms with van der Waals surface area (Å²) in [5.74, 6) is 0.409. The zero-order valence-corrected chi connectivity index (χ0v) is 13.3. The van der Waals surface area contributed by atoms with Crippen molar-refractivity contribution in [1.82, 2.24) is 19.4 Å². The van der Waals surface area contributed by atoms with Crippen LogP contribution in [0.25, 0.3) is 0 Å². The molecule has 2 heterocycles. The van der Waals surface area contributed by atoms with Gasteiger partial charge in [-0.25, -0.2) is 13.1 Å². The van der Waals surface area contributed by atoms with Crippen LogP contribution in [-0.2, 0) is 16.6 Å². The van der Waals surface area contributed by atoms with E-state index in [1.165, 1.54) is 0 Å². The quantitative estimate of drug-likeness (QED) is 0.845. The van der Waals surface area contributed by atoms with Crippen molar-refractivity contribution < 1.29 is 8.42 Å². The van der Waals surface area contributed by atoms with Crippen LogP contribution in [0.4, 0.5) is 0 Å². The first kappa shape index (κ1) is 15.5. The molecular weight excluding hydrogens is 276 g/mol. The molecule has 1 atom stereocenters. The summed E-state index contributed by atoms with van der Waals surface area (Å²) >= 11 is 0. The molecule has 20 heavy (non-hydrogen) atoms. The van der Waals surface area contributed by atoms with Crippen molar-refractivity contribution in [2.45, 2.75) is 38.6 Å². The molecule has 1 aliphatic heterocycles. The minimum atomic E-state index is -3.44. The van der Waals surface area contributed by atoms with Gasteiger partial charge in [-0.2, -0.15) is 5.10 Å². The number of likely N-dealkylation sites (tertiary alicyclic amines) is 1. The minimum Gasteiger partial charge on any atom is -0.303 e. The zero-order chi connectivity index (χ0) is 14.8. The summed E-state index contributed by atoms with van der Waals surface area (Å²) in [7, 11) is -3.44. The van der Waals surface area contributed by atoms with Crippen LogP contribution in [0, 0.1) is 12.8 Å². The van der Waals surface area contributed by atoms with Crippen molar-refractivity contribution in [3.05, 3.63) is 11.9 Å². The van der Waals surface area contributed by atoms with Gasteiger partial charge < -0.3 is 4.90 Å². The fourth-order valence-corrected chi connectivity index (χ4v) is 3.90. The maximum absolute atomic E-state index is 12.3. The van der Waals surface area contributed by atoms with Crippen molar-refractivity contribution in [2.75, 3.05) is 26.2 Å². The predicted molar refractivity (Wildman–Crippen MR) is 78.0 cm³/mol. The first-order valence-corrected chi connectivity index (χ1v) is 8.70. The molecule has 1 fully saturated rings. The van der Waals surface area contributed by atoms with Gasteiger partial charge in [0.05, 0.1) is 5.69 Å². The second-order valence-electron chi connectivity index (χ2n) is 5.33. The summed E-state index contributed by atoms with van der Waals surface area (Å²) < 4.78 is 29.0. The van der Waals surface area contributed by atoms with E-state index in [0.717, 1.165) is 26.1 Å². The molecule has 1 N–H and O–H groups in total. The van der Waals surface area contributed by atoms with Gasteiger partial charge in [-0.15, -0.1) is 0 Å². The highest BCUT2D eigenvalue weighted by atomic mass is 32.2. The lowest BCUT2D eigenvalue weighted by atomic mass is 10.1. The lowest BCUT2D eigenvalue weighted by Gasteiger charge is -2.13. The second kappa shape index (κ2) is 6.24. The van der Waals surface area contributed by atoms with Gasteiger partial charge in [0.1, 0.15) is 4.90 Å². The fraction of sp³-hybridized carbons (Fsp3) is 0.769. The molecule has 1 saturated heterocycles. The molecule has 0 aliphatic carbocycles. The van der Waals surface area contributed by atoms with Crippen molar-refractivity contribution >= 4 is 10.0 Å². The van der Waals surface area contributed by atoms with Gasteiger partial charge in [-0.3, -0.25) is 4.68 Å². The molecule has 1 aliphatic rings. The van der Waals surface area contributed by atoms with E-state index in [-0.39, 0.29) is 0 Å². The third-order valence-corrected chi connectivity index (χ3v) is 5.42. The predicted octanol–water partition coefficient (Wildman–Crippen LogP) is 0.832. The number of aromatic nitrogens is 2. The number of rotatable bonds is 6. The number of nitrogens with zero attached hydrogens (tertiary/aromatic N) is 3. The normalized spacial score (nSPS) is 20.6. The first-order valence-electron chi connectivity index (χ1n) is 7.22. The molecule has 0 radical (unpaired) electrons. The van der Waals surface area contributed by atoms with Gasteiger partial charge in [0, 0.05) is 25.8 Å². The number of aryl methyl sites for hydroxylation is 2. The maximum Gasteiger partial charge on any atom is 0.243 e. The van der Waals surface area contributed by atoms with Crippen molar-refractivity contribution in [2.24, 2.45) is 5.92 Å².